The number of aromatic nitrogens is 1. The monoisotopic (exact) mass is 282 g/mol. The van der Waals surface area contributed by atoms with Crippen LogP contribution in [0.1, 0.15) is 43.0 Å². The van der Waals surface area contributed by atoms with Crippen LogP contribution in [0.25, 0.3) is 10.9 Å². The van der Waals surface area contributed by atoms with Gasteiger partial charge in [-0.2, -0.15) is 0 Å². The van der Waals surface area contributed by atoms with Crippen molar-refractivity contribution in [2.45, 2.75) is 59.2 Å². The first-order valence-corrected chi connectivity index (χ1v) is 8.08. The molecule has 0 aliphatic heterocycles. The van der Waals surface area contributed by atoms with Crippen LogP contribution in [0, 0.1) is 13.8 Å². The summed E-state index contributed by atoms with van der Waals surface area (Å²) in [6, 6.07) is 7.67. The van der Waals surface area contributed by atoms with Crippen molar-refractivity contribution in [3.05, 3.63) is 47.2 Å². The van der Waals surface area contributed by atoms with Gasteiger partial charge in [0.05, 0.1) is 0 Å². The van der Waals surface area contributed by atoms with E-state index >= 15 is 0 Å². The molecule has 21 heavy (non-hydrogen) atoms. The quantitative estimate of drug-likeness (QED) is 0.773. The second-order valence-corrected chi connectivity index (χ2v) is 6.41. The predicted octanol–water partition coefficient (Wildman–Crippen LogP) is 4.48. The Kier molecular flexibility index (Phi) is 3.90. The largest absolute Gasteiger partial charge is 0.341 e. The summed E-state index contributed by atoms with van der Waals surface area (Å²) < 4.78 is 2.41. The number of nitrogens with zero attached hydrogens (tertiary/aromatic N) is 1. The second-order valence-electron chi connectivity index (χ2n) is 6.41. The smallest absolute Gasteiger partial charge is 0.0488 e. The summed E-state index contributed by atoms with van der Waals surface area (Å²) in [5, 5.41) is 4.99. The maximum atomic E-state index is 4.17. The van der Waals surface area contributed by atoms with Crippen LogP contribution < -0.4 is 5.32 Å². The van der Waals surface area contributed by atoms with Gasteiger partial charge in [-0.3, -0.25) is 0 Å². The van der Waals surface area contributed by atoms with Crippen molar-refractivity contribution >= 4 is 10.9 Å². The van der Waals surface area contributed by atoms with Gasteiger partial charge in [-0.25, -0.2) is 0 Å². The molecule has 0 atom stereocenters. The van der Waals surface area contributed by atoms with Crippen LogP contribution in [0.2, 0.25) is 0 Å². The molecule has 0 radical (unpaired) electrons. The van der Waals surface area contributed by atoms with Crippen LogP contribution in [0.5, 0.6) is 0 Å². The van der Waals surface area contributed by atoms with E-state index in [9.17, 15) is 0 Å². The average molecular weight is 282 g/mol. The first kappa shape index (κ1) is 14.4. The zero-order valence-corrected chi connectivity index (χ0v) is 13.5. The lowest BCUT2D eigenvalue weighted by atomic mass is 10.1. The summed E-state index contributed by atoms with van der Waals surface area (Å²) in [5.41, 5.74) is 6.79. The van der Waals surface area contributed by atoms with Crippen LogP contribution in [-0.4, -0.2) is 10.6 Å². The predicted molar refractivity (Wildman–Crippen MR) is 90.7 cm³/mol. The van der Waals surface area contributed by atoms with Crippen molar-refractivity contribution < 1.29 is 0 Å². The van der Waals surface area contributed by atoms with E-state index in [-0.39, 0.29) is 0 Å². The fourth-order valence-electron chi connectivity index (χ4n) is 2.90. The van der Waals surface area contributed by atoms with Gasteiger partial charge >= 0.3 is 0 Å². The number of benzene rings is 1. The van der Waals surface area contributed by atoms with Crippen molar-refractivity contribution in [2.75, 3.05) is 0 Å². The molecule has 1 aliphatic carbocycles. The number of allylic oxidation sites excluding steroid dienone is 1. The van der Waals surface area contributed by atoms with Gasteiger partial charge in [0.25, 0.3) is 0 Å². The Morgan fingerprint density at radius 2 is 2.10 bits per heavy atom. The number of hydrogen-bond acceptors (Lipinski definition) is 1. The minimum atomic E-state index is 0.765. The molecule has 2 aromatic rings. The number of hydrogen-bond donors (Lipinski definition) is 1. The normalized spacial score (nSPS) is 14.8. The van der Waals surface area contributed by atoms with E-state index in [0.717, 1.165) is 25.6 Å². The summed E-state index contributed by atoms with van der Waals surface area (Å²) >= 11 is 0. The Morgan fingerprint density at radius 3 is 2.76 bits per heavy atom. The third kappa shape index (κ3) is 2.91. The molecule has 1 saturated carbocycles. The molecule has 1 aromatic carbocycles. The van der Waals surface area contributed by atoms with Crippen molar-refractivity contribution in [1.82, 2.24) is 9.88 Å². The van der Waals surface area contributed by atoms with Crippen molar-refractivity contribution in [3.8, 4) is 0 Å². The van der Waals surface area contributed by atoms with Gasteiger partial charge < -0.3 is 9.88 Å². The summed E-state index contributed by atoms with van der Waals surface area (Å²) in [6.07, 6.45) is 3.73. The molecule has 1 heterocycles. The Labute approximate surface area is 127 Å². The van der Waals surface area contributed by atoms with E-state index in [1.807, 2.05) is 0 Å². The van der Waals surface area contributed by atoms with Gasteiger partial charge in [0.15, 0.2) is 0 Å². The molecular formula is C19H26N2. The lowest BCUT2D eigenvalue weighted by Crippen LogP contribution is -2.15. The molecule has 1 fully saturated rings. The van der Waals surface area contributed by atoms with Crippen LogP contribution in [-0.2, 0) is 13.1 Å². The molecule has 0 saturated heterocycles. The van der Waals surface area contributed by atoms with Crippen LogP contribution in [0.4, 0.5) is 0 Å². The molecule has 3 rings (SSSR count). The van der Waals surface area contributed by atoms with Gasteiger partial charge in [0.1, 0.15) is 0 Å². The minimum absolute atomic E-state index is 0.765. The molecule has 1 aliphatic rings. The molecular weight excluding hydrogens is 256 g/mol. The Balaban J connectivity index is 1.93. The van der Waals surface area contributed by atoms with Gasteiger partial charge in [-0.05, 0) is 56.4 Å². The standard InChI is InChI=1S/C19H26N2/c1-5-13(2)12-21-15(4)14(3)18-10-16(6-9-19(18)21)11-20-17-7-8-17/h6,9-10,17,20H,2,5,7-8,11-12H2,1,3-4H3. The van der Waals surface area contributed by atoms with Gasteiger partial charge in [-0.15, -0.1) is 0 Å². The molecule has 1 aromatic heterocycles. The van der Waals surface area contributed by atoms with Crippen molar-refractivity contribution in [1.29, 1.82) is 0 Å². The fraction of sp³-hybridized carbons (Fsp3) is 0.474. The summed E-state index contributed by atoms with van der Waals surface area (Å²) in [4.78, 5) is 0. The Bertz CT molecular complexity index is 674. The third-order valence-electron chi connectivity index (χ3n) is 4.76. The van der Waals surface area contributed by atoms with E-state index in [0.29, 0.717) is 0 Å². The SMILES string of the molecule is C=C(CC)Cn1c(C)c(C)c2cc(CNC3CC3)ccc21. The lowest BCUT2D eigenvalue weighted by molar-refractivity contribution is 0.688. The molecule has 1 N–H and O–H groups in total. The number of fused-ring (bicyclic) bond motifs is 1. The first-order valence-electron chi connectivity index (χ1n) is 8.08. The molecule has 0 amide bonds. The van der Waals surface area contributed by atoms with E-state index in [1.54, 1.807) is 0 Å². The molecule has 0 unspecified atom stereocenters. The highest BCUT2D eigenvalue weighted by Crippen LogP contribution is 2.28. The second kappa shape index (κ2) is 5.69. The van der Waals surface area contributed by atoms with E-state index in [2.05, 4.69) is 55.4 Å². The summed E-state index contributed by atoms with van der Waals surface area (Å²) in [6.45, 7) is 12.7. The van der Waals surface area contributed by atoms with Gasteiger partial charge in [0.2, 0.25) is 0 Å². The first-order chi connectivity index (χ1) is 10.1. The highest BCUT2D eigenvalue weighted by atomic mass is 15.0. The highest BCUT2D eigenvalue weighted by Gasteiger charge is 2.20. The average Bonchev–Trinajstić information content (AvgIpc) is 3.29. The molecule has 2 nitrogen and oxygen atoms in total. The molecule has 0 bridgehead atoms. The van der Waals surface area contributed by atoms with Crippen molar-refractivity contribution in [3.63, 3.8) is 0 Å². The molecule has 112 valence electrons. The maximum absolute atomic E-state index is 4.17. The number of nitrogens with one attached hydrogen (secondary N) is 1. The van der Waals surface area contributed by atoms with Crippen LogP contribution in [0.3, 0.4) is 0 Å². The van der Waals surface area contributed by atoms with Crippen LogP contribution in [0.15, 0.2) is 30.4 Å². The number of aryl methyl sites for hydroxylation is 1. The van der Waals surface area contributed by atoms with E-state index < -0.39 is 0 Å². The zero-order chi connectivity index (χ0) is 15.0. The van der Waals surface area contributed by atoms with Crippen molar-refractivity contribution in [2.24, 2.45) is 0 Å². The van der Waals surface area contributed by atoms with Gasteiger partial charge in [-0.1, -0.05) is 25.1 Å². The van der Waals surface area contributed by atoms with E-state index in [4.69, 9.17) is 0 Å². The lowest BCUT2D eigenvalue weighted by Gasteiger charge is -2.10. The number of rotatable bonds is 6. The van der Waals surface area contributed by atoms with Gasteiger partial charge in [0, 0.05) is 35.7 Å². The van der Waals surface area contributed by atoms with E-state index in [1.165, 1.54) is 46.1 Å². The molecule has 2 heteroatoms. The van der Waals surface area contributed by atoms with Crippen LogP contribution >= 0.6 is 0 Å². The highest BCUT2D eigenvalue weighted by molar-refractivity contribution is 5.86. The zero-order valence-electron chi connectivity index (χ0n) is 13.5. The summed E-state index contributed by atoms with van der Waals surface area (Å²) in [5.74, 6) is 0. The Morgan fingerprint density at radius 1 is 1.33 bits per heavy atom. The Hall–Kier alpha value is -1.54. The topological polar surface area (TPSA) is 17.0 Å². The third-order valence-corrected chi connectivity index (χ3v) is 4.76. The molecule has 0 spiro atoms. The minimum Gasteiger partial charge on any atom is -0.341 e. The summed E-state index contributed by atoms with van der Waals surface area (Å²) in [7, 11) is 0. The maximum Gasteiger partial charge on any atom is 0.0488 e. The fourth-order valence-corrected chi connectivity index (χ4v) is 2.90.